The number of hydrogen-bond acceptors (Lipinski definition) is 2. The SMILES string of the molecule is C=CCOc1cccc2c1NC(c1ccccc1C)C1CC=CC21. The zero-order valence-electron chi connectivity index (χ0n) is 14.0. The van der Waals surface area contributed by atoms with Gasteiger partial charge in [0.15, 0.2) is 0 Å². The van der Waals surface area contributed by atoms with E-state index in [2.05, 4.69) is 67.4 Å². The van der Waals surface area contributed by atoms with Crippen molar-refractivity contribution in [3.63, 3.8) is 0 Å². The van der Waals surface area contributed by atoms with Gasteiger partial charge in [-0.1, -0.05) is 61.2 Å². The Morgan fingerprint density at radius 2 is 2.00 bits per heavy atom. The number of nitrogens with one attached hydrogen (secondary N) is 1. The molecule has 0 saturated heterocycles. The van der Waals surface area contributed by atoms with Crippen LogP contribution in [0.3, 0.4) is 0 Å². The summed E-state index contributed by atoms with van der Waals surface area (Å²) >= 11 is 0. The molecule has 2 aromatic carbocycles. The molecule has 24 heavy (non-hydrogen) atoms. The van der Waals surface area contributed by atoms with Crippen LogP contribution in [-0.2, 0) is 0 Å². The van der Waals surface area contributed by atoms with Gasteiger partial charge in [0.2, 0.25) is 0 Å². The van der Waals surface area contributed by atoms with Gasteiger partial charge < -0.3 is 10.1 Å². The van der Waals surface area contributed by atoms with Crippen LogP contribution in [0.15, 0.2) is 67.3 Å². The predicted octanol–water partition coefficient (Wildman–Crippen LogP) is 5.39. The average Bonchev–Trinajstić information content (AvgIpc) is 3.10. The second-order valence-corrected chi connectivity index (χ2v) is 6.65. The van der Waals surface area contributed by atoms with Crippen LogP contribution < -0.4 is 10.1 Å². The third-order valence-corrected chi connectivity index (χ3v) is 5.24. The monoisotopic (exact) mass is 317 g/mol. The molecule has 0 fully saturated rings. The zero-order chi connectivity index (χ0) is 16.5. The fourth-order valence-corrected chi connectivity index (χ4v) is 4.11. The Balaban J connectivity index is 1.79. The second kappa shape index (κ2) is 6.20. The summed E-state index contributed by atoms with van der Waals surface area (Å²) in [6.07, 6.45) is 7.61. The number of benzene rings is 2. The molecule has 2 nitrogen and oxygen atoms in total. The molecule has 2 aromatic rings. The molecule has 0 radical (unpaired) electrons. The first kappa shape index (κ1) is 15.1. The first-order valence-corrected chi connectivity index (χ1v) is 8.65. The van der Waals surface area contributed by atoms with Gasteiger partial charge in [-0.05, 0) is 42.0 Å². The molecule has 0 amide bonds. The standard InChI is InChI=1S/C22H23NO/c1-3-14-24-20-13-7-12-19-17-10-6-11-18(17)21(23-22(19)20)16-9-5-4-8-15(16)2/h3-10,12-13,17-18,21,23H,1,11,14H2,2H3. The minimum atomic E-state index is 0.312. The minimum absolute atomic E-state index is 0.312. The summed E-state index contributed by atoms with van der Waals surface area (Å²) in [7, 11) is 0. The molecule has 4 rings (SSSR count). The zero-order valence-corrected chi connectivity index (χ0v) is 14.0. The molecule has 122 valence electrons. The van der Waals surface area contributed by atoms with E-state index in [1.165, 1.54) is 16.7 Å². The number of ether oxygens (including phenoxy) is 1. The number of anilines is 1. The maximum atomic E-state index is 5.91. The summed E-state index contributed by atoms with van der Waals surface area (Å²) in [4.78, 5) is 0. The van der Waals surface area contributed by atoms with E-state index in [0.29, 0.717) is 24.5 Å². The Kier molecular flexibility index (Phi) is 3.89. The lowest BCUT2D eigenvalue weighted by atomic mass is 9.76. The van der Waals surface area contributed by atoms with Gasteiger partial charge in [0.1, 0.15) is 12.4 Å². The highest BCUT2D eigenvalue weighted by Gasteiger charge is 2.39. The van der Waals surface area contributed by atoms with Crippen molar-refractivity contribution in [2.45, 2.75) is 25.3 Å². The van der Waals surface area contributed by atoms with Crippen molar-refractivity contribution in [3.05, 3.63) is 84.0 Å². The van der Waals surface area contributed by atoms with Gasteiger partial charge >= 0.3 is 0 Å². The van der Waals surface area contributed by atoms with Crippen molar-refractivity contribution in [1.82, 2.24) is 0 Å². The van der Waals surface area contributed by atoms with E-state index in [1.807, 2.05) is 6.07 Å². The van der Waals surface area contributed by atoms with Crippen LogP contribution >= 0.6 is 0 Å². The lowest BCUT2D eigenvalue weighted by molar-refractivity contribution is 0.358. The van der Waals surface area contributed by atoms with Crippen molar-refractivity contribution in [2.75, 3.05) is 11.9 Å². The smallest absolute Gasteiger partial charge is 0.143 e. The van der Waals surface area contributed by atoms with Gasteiger partial charge in [-0.25, -0.2) is 0 Å². The Bertz CT molecular complexity index is 792. The van der Waals surface area contributed by atoms with Gasteiger partial charge in [-0.3, -0.25) is 0 Å². The van der Waals surface area contributed by atoms with Crippen LogP contribution in [0.25, 0.3) is 0 Å². The van der Waals surface area contributed by atoms with Gasteiger partial charge in [-0.2, -0.15) is 0 Å². The number of para-hydroxylation sites is 1. The normalized spacial score (nSPS) is 24.0. The highest BCUT2D eigenvalue weighted by molar-refractivity contribution is 5.68. The quantitative estimate of drug-likeness (QED) is 0.764. The molecular weight excluding hydrogens is 294 g/mol. The number of fused-ring (bicyclic) bond motifs is 3. The molecule has 1 N–H and O–H groups in total. The molecule has 1 heterocycles. The fourth-order valence-electron chi connectivity index (χ4n) is 4.11. The van der Waals surface area contributed by atoms with Gasteiger partial charge in [0.05, 0.1) is 11.7 Å². The molecular formula is C22H23NO. The van der Waals surface area contributed by atoms with Crippen LogP contribution in [0.5, 0.6) is 5.75 Å². The number of hydrogen-bond donors (Lipinski definition) is 1. The van der Waals surface area contributed by atoms with E-state index in [4.69, 9.17) is 4.74 Å². The molecule has 1 aliphatic heterocycles. The molecule has 3 atom stereocenters. The van der Waals surface area contributed by atoms with Gasteiger partial charge in [0, 0.05) is 5.92 Å². The molecule has 0 saturated carbocycles. The predicted molar refractivity (Wildman–Crippen MR) is 99.7 cm³/mol. The minimum Gasteiger partial charge on any atom is -0.487 e. The van der Waals surface area contributed by atoms with Crippen molar-refractivity contribution in [1.29, 1.82) is 0 Å². The molecule has 0 bridgehead atoms. The lowest BCUT2D eigenvalue weighted by Crippen LogP contribution is -2.29. The fraction of sp³-hybridized carbons (Fsp3) is 0.273. The summed E-state index contributed by atoms with van der Waals surface area (Å²) in [5, 5.41) is 3.80. The molecule has 1 aliphatic carbocycles. The Labute approximate surface area is 143 Å². The van der Waals surface area contributed by atoms with Crippen molar-refractivity contribution in [3.8, 4) is 5.75 Å². The van der Waals surface area contributed by atoms with E-state index >= 15 is 0 Å². The number of rotatable bonds is 4. The largest absolute Gasteiger partial charge is 0.487 e. The lowest BCUT2D eigenvalue weighted by Gasteiger charge is -2.38. The van der Waals surface area contributed by atoms with Crippen molar-refractivity contribution < 1.29 is 4.74 Å². The van der Waals surface area contributed by atoms with E-state index in [-0.39, 0.29) is 0 Å². The number of aryl methyl sites for hydroxylation is 1. The molecule has 2 aliphatic rings. The average molecular weight is 317 g/mol. The van der Waals surface area contributed by atoms with Crippen LogP contribution in [0.2, 0.25) is 0 Å². The topological polar surface area (TPSA) is 21.3 Å². The van der Waals surface area contributed by atoms with Crippen LogP contribution in [0.4, 0.5) is 5.69 Å². The van der Waals surface area contributed by atoms with Gasteiger partial charge in [0.25, 0.3) is 0 Å². The van der Waals surface area contributed by atoms with E-state index < -0.39 is 0 Å². The van der Waals surface area contributed by atoms with Crippen LogP contribution in [-0.4, -0.2) is 6.61 Å². The first-order chi connectivity index (χ1) is 11.8. The van der Waals surface area contributed by atoms with E-state index in [0.717, 1.165) is 17.9 Å². The summed E-state index contributed by atoms with van der Waals surface area (Å²) in [5.74, 6) is 1.94. The Morgan fingerprint density at radius 1 is 1.17 bits per heavy atom. The highest BCUT2D eigenvalue weighted by atomic mass is 16.5. The van der Waals surface area contributed by atoms with E-state index in [9.17, 15) is 0 Å². The van der Waals surface area contributed by atoms with Crippen molar-refractivity contribution >= 4 is 5.69 Å². The second-order valence-electron chi connectivity index (χ2n) is 6.65. The third kappa shape index (κ3) is 2.43. The molecule has 3 unspecified atom stereocenters. The third-order valence-electron chi connectivity index (χ3n) is 5.24. The highest BCUT2D eigenvalue weighted by Crippen LogP contribution is 2.52. The summed E-state index contributed by atoms with van der Waals surface area (Å²) < 4.78 is 5.91. The Hall–Kier alpha value is -2.48. The number of allylic oxidation sites excluding steroid dienone is 2. The van der Waals surface area contributed by atoms with Crippen molar-refractivity contribution in [2.24, 2.45) is 5.92 Å². The molecule has 0 spiro atoms. The summed E-state index contributed by atoms with van der Waals surface area (Å²) in [6, 6.07) is 15.4. The maximum Gasteiger partial charge on any atom is 0.143 e. The Morgan fingerprint density at radius 3 is 2.83 bits per heavy atom. The summed E-state index contributed by atoms with van der Waals surface area (Å²) in [6.45, 7) is 6.48. The molecule has 2 heteroatoms. The summed E-state index contributed by atoms with van der Waals surface area (Å²) in [5.41, 5.74) is 5.22. The van der Waals surface area contributed by atoms with E-state index in [1.54, 1.807) is 6.08 Å². The molecule has 0 aromatic heterocycles. The first-order valence-electron chi connectivity index (χ1n) is 8.65. The van der Waals surface area contributed by atoms with Crippen LogP contribution in [0.1, 0.15) is 35.1 Å². The van der Waals surface area contributed by atoms with Gasteiger partial charge in [-0.15, -0.1) is 0 Å². The maximum absolute atomic E-state index is 5.91. The van der Waals surface area contributed by atoms with Crippen LogP contribution in [0, 0.1) is 12.8 Å².